The highest BCUT2D eigenvalue weighted by molar-refractivity contribution is 6.62. The first kappa shape index (κ1) is 47.5. The van der Waals surface area contributed by atoms with Gasteiger partial charge in [-0.1, -0.05) is 59.6 Å². The number of ether oxygens (including phenoxy) is 1. The van der Waals surface area contributed by atoms with Gasteiger partial charge in [-0.2, -0.15) is 0 Å². The summed E-state index contributed by atoms with van der Waals surface area (Å²) in [7, 11) is 6.34. The van der Waals surface area contributed by atoms with Crippen LogP contribution in [0.15, 0.2) is 94.5 Å². The van der Waals surface area contributed by atoms with Gasteiger partial charge in [0.15, 0.2) is 0 Å². The van der Waals surface area contributed by atoms with Crippen LogP contribution in [-0.4, -0.2) is 73.3 Å². The smallest absolute Gasteiger partial charge is 0.416 e. The van der Waals surface area contributed by atoms with E-state index in [1.165, 1.54) is 34.1 Å². The molecule has 0 saturated carbocycles. The van der Waals surface area contributed by atoms with Crippen molar-refractivity contribution in [1.82, 2.24) is 28.5 Å². The van der Waals surface area contributed by atoms with E-state index in [2.05, 4.69) is 0 Å². The Kier molecular flexibility index (Phi) is 15.7. The third kappa shape index (κ3) is 10.4. The van der Waals surface area contributed by atoms with Gasteiger partial charge >= 0.3 is 11.5 Å². The summed E-state index contributed by atoms with van der Waals surface area (Å²) in [6.45, 7) is 2.30. The molecule has 0 saturated heterocycles. The second-order valence-corrected chi connectivity index (χ2v) is 15.8. The summed E-state index contributed by atoms with van der Waals surface area (Å²) in [5, 5.41) is 10.9. The Morgan fingerprint density at radius 3 is 1.39 bits per heavy atom. The number of benzene rings is 4. The summed E-state index contributed by atoms with van der Waals surface area (Å²) in [6, 6.07) is 22.7. The van der Waals surface area contributed by atoms with Crippen LogP contribution in [0.25, 0.3) is 44.5 Å². The predicted molar refractivity (Wildman–Crippen MR) is 241 cm³/mol. The maximum absolute atomic E-state index is 13.3. The fourth-order valence-electron chi connectivity index (χ4n) is 6.91. The summed E-state index contributed by atoms with van der Waals surface area (Å²) < 4.78 is 38.6. The summed E-state index contributed by atoms with van der Waals surface area (Å²) >= 11 is 17.7. The Bertz CT molecular complexity index is 2690. The van der Waals surface area contributed by atoms with E-state index in [0.29, 0.717) is 47.4 Å². The Morgan fingerprint density at radius 2 is 0.968 bits per heavy atom. The first-order valence-corrected chi connectivity index (χ1v) is 20.4. The molecule has 0 aliphatic carbocycles. The number of fused-ring (bicyclic) bond motifs is 2. The number of amides is 2. The van der Waals surface area contributed by atoms with E-state index in [1.54, 1.807) is 102 Å². The lowest BCUT2D eigenvalue weighted by atomic mass is 10.00. The van der Waals surface area contributed by atoms with Crippen LogP contribution in [0.3, 0.4) is 0 Å². The zero-order chi connectivity index (χ0) is 44.1. The van der Waals surface area contributed by atoms with Crippen molar-refractivity contribution in [2.45, 2.75) is 51.9 Å². The number of rotatable bonds is 5. The van der Waals surface area contributed by atoms with E-state index in [-0.39, 0.29) is 58.0 Å². The van der Waals surface area contributed by atoms with E-state index in [0.717, 1.165) is 47.9 Å². The Labute approximate surface area is 377 Å². The van der Waals surface area contributed by atoms with Crippen molar-refractivity contribution in [3.8, 4) is 56.3 Å². The topological polar surface area (TPSA) is 124 Å². The van der Waals surface area contributed by atoms with Crippen molar-refractivity contribution in [3.05, 3.63) is 127 Å². The minimum Gasteiger partial charge on any atom is -0.493 e. The average molecular weight is 933 g/mol. The van der Waals surface area contributed by atoms with Gasteiger partial charge in [-0.15, -0.1) is 12.4 Å². The van der Waals surface area contributed by atoms with Crippen LogP contribution < -0.4 is 15.9 Å². The standard InChI is InChI=1S/C22H21ClFN3O3.C19H16ClFN2O2.C3H6ClNO.ClH/c1-25(2)22(29)30-21-19(20(28)26-11-3-4-12-27(21)26)17-13-15(7-10-18(17)23)14-5-8-16(24)9-6-14;20-16-8-5-13(12-3-6-14(21)7-4-12)11-15(16)17-18(24)22-9-1-2-10-23(22)19(17)25;1-5(2)3(4)6;/h5-10,13H,3-4,11-12H2,1-2H3;3-8,11,24H,1-2,9-10H2;1-2H3;1H. The summed E-state index contributed by atoms with van der Waals surface area (Å²) in [5.74, 6) is -0.502. The van der Waals surface area contributed by atoms with Crippen LogP contribution in [0.4, 0.5) is 18.4 Å². The van der Waals surface area contributed by atoms with Crippen molar-refractivity contribution in [3.63, 3.8) is 0 Å². The molecule has 0 fully saturated rings. The molecule has 4 aromatic carbocycles. The van der Waals surface area contributed by atoms with Gasteiger partial charge in [0.25, 0.3) is 11.1 Å². The molecule has 0 spiro atoms. The van der Waals surface area contributed by atoms with Gasteiger partial charge in [0.2, 0.25) is 11.8 Å². The minimum atomic E-state index is -0.575. The van der Waals surface area contributed by atoms with Gasteiger partial charge in [-0.25, -0.2) is 22.9 Å². The number of nitrogens with zero attached hydrogens (tertiary/aromatic N) is 6. The Balaban J connectivity index is 0.000000207. The lowest BCUT2D eigenvalue weighted by molar-refractivity contribution is 0.164. The minimum absolute atomic E-state index is 0. The van der Waals surface area contributed by atoms with Crippen LogP contribution in [0, 0.1) is 11.6 Å². The SMILES string of the molecule is CN(C)C(=O)Cl.CN(C)C(=O)Oc1c(-c2cc(-c3ccc(F)cc3)ccc2Cl)c(=O)n2n1CCCC2.Cl.O=c1c(-c2cc(-c3ccc(F)cc3)ccc2Cl)c(O)n2n1CCCC2. The lowest BCUT2D eigenvalue weighted by Crippen LogP contribution is -2.29. The quantitative estimate of drug-likeness (QED) is 0.136. The largest absolute Gasteiger partial charge is 0.493 e. The first-order chi connectivity index (χ1) is 29.1. The number of halogens is 6. The maximum atomic E-state index is 13.3. The molecule has 2 aliphatic rings. The third-order valence-corrected chi connectivity index (χ3v) is 11.1. The molecule has 0 atom stereocenters. The summed E-state index contributed by atoms with van der Waals surface area (Å²) in [6.07, 6.45) is 3.00. The summed E-state index contributed by atoms with van der Waals surface area (Å²) in [5.41, 5.74) is 4.09. The van der Waals surface area contributed by atoms with Crippen molar-refractivity contribution in [1.29, 1.82) is 0 Å². The van der Waals surface area contributed by atoms with Crippen LogP contribution >= 0.6 is 47.2 Å². The van der Waals surface area contributed by atoms with Gasteiger partial charge in [0, 0.05) is 75.5 Å². The van der Waals surface area contributed by atoms with Crippen molar-refractivity contribution in [2.75, 3.05) is 28.2 Å². The molecule has 12 nitrogen and oxygen atoms in total. The van der Waals surface area contributed by atoms with Crippen LogP contribution in [0.1, 0.15) is 25.7 Å². The van der Waals surface area contributed by atoms with Gasteiger partial charge in [0.05, 0.1) is 0 Å². The lowest BCUT2D eigenvalue weighted by Gasteiger charge is -2.19. The molecule has 1 N–H and O–H groups in total. The number of carbonyl (C=O) groups is 2. The fourth-order valence-corrected chi connectivity index (χ4v) is 7.33. The van der Waals surface area contributed by atoms with E-state index in [4.69, 9.17) is 39.5 Å². The molecule has 328 valence electrons. The molecular weight excluding hydrogens is 888 g/mol. The highest BCUT2D eigenvalue weighted by atomic mass is 35.5. The molecule has 62 heavy (non-hydrogen) atoms. The van der Waals surface area contributed by atoms with E-state index in [1.807, 2.05) is 6.07 Å². The van der Waals surface area contributed by atoms with Crippen LogP contribution in [-0.2, 0) is 26.2 Å². The van der Waals surface area contributed by atoms with Crippen LogP contribution in [0.2, 0.25) is 10.0 Å². The number of hydrogen-bond donors (Lipinski definition) is 1. The maximum Gasteiger partial charge on any atom is 0.416 e. The molecule has 8 rings (SSSR count). The predicted octanol–water partition coefficient (Wildman–Crippen LogP) is 10.2. The first-order valence-electron chi connectivity index (χ1n) is 19.3. The third-order valence-electron chi connectivity index (χ3n) is 10.1. The molecule has 0 bridgehead atoms. The zero-order valence-corrected chi connectivity index (χ0v) is 37.3. The highest BCUT2D eigenvalue weighted by Gasteiger charge is 2.29. The number of aromatic nitrogens is 4. The van der Waals surface area contributed by atoms with Gasteiger partial charge in [-0.3, -0.25) is 23.7 Å². The molecule has 0 unspecified atom stereocenters. The van der Waals surface area contributed by atoms with E-state index >= 15 is 0 Å². The van der Waals surface area contributed by atoms with E-state index in [9.17, 15) is 33.1 Å². The van der Waals surface area contributed by atoms with E-state index < -0.39 is 11.5 Å². The van der Waals surface area contributed by atoms with Crippen molar-refractivity contribution < 1.29 is 28.2 Å². The van der Waals surface area contributed by atoms with Crippen molar-refractivity contribution in [2.24, 2.45) is 0 Å². The normalized spacial score (nSPS) is 12.6. The number of carbonyl (C=O) groups excluding carboxylic acids is 2. The van der Waals surface area contributed by atoms with Crippen LogP contribution in [0.5, 0.6) is 11.8 Å². The molecular formula is C44H44Cl4F2N6O6. The summed E-state index contributed by atoms with van der Waals surface area (Å²) in [4.78, 5) is 50.8. The van der Waals surface area contributed by atoms with Gasteiger partial charge in [0.1, 0.15) is 22.8 Å². The highest BCUT2D eigenvalue weighted by Crippen LogP contribution is 2.38. The Morgan fingerprint density at radius 1 is 0.597 bits per heavy atom. The fraction of sp³-hybridized carbons (Fsp3) is 0.273. The van der Waals surface area contributed by atoms with Gasteiger partial charge in [-0.05, 0) is 108 Å². The number of hydrogen-bond acceptors (Lipinski definition) is 6. The number of aromatic hydroxyl groups is 1. The second-order valence-electron chi connectivity index (χ2n) is 14.7. The molecule has 4 heterocycles. The second kappa shape index (κ2) is 20.6. The molecule has 2 aliphatic heterocycles. The molecule has 0 radical (unpaired) electrons. The molecule has 2 amide bonds. The molecule has 6 aromatic rings. The van der Waals surface area contributed by atoms with Crippen molar-refractivity contribution >= 4 is 58.7 Å². The monoisotopic (exact) mass is 930 g/mol. The van der Waals surface area contributed by atoms with Gasteiger partial charge < -0.3 is 19.6 Å². The molecule has 2 aromatic heterocycles. The Hall–Kier alpha value is -5.54. The zero-order valence-electron chi connectivity index (χ0n) is 34.2. The average Bonchev–Trinajstić information content (AvgIpc) is 3.67. The molecule has 18 heteroatoms.